The first-order valence-electron chi connectivity index (χ1n) is 8.10. The third-order valence-corrected chi connectivity index (χ3v) is 5.16. The van der Waals surface area contributed by atoms with Crippen LogP contribution >= 0.6 is 11.3 Å². The Balaban J connectivity index is 1.42. The first-order chi connectivity index (χ1) is 11.6. The molecule has 0 radical (unpaired) electrons. The summed E-state index contributed by atoms with van der Waals surface area (Å²) in [5.41, 5.74) is 1.03. The molecule has 1 aliphatic heterocycles. The van der Waals surface area contributed by atoms with Crippen molar-refractivity contribution in [3.63, 3.8) is 0 Å². The number of benzene rings is 1. The van der Waals surface area contributed by atoms with Crippen molar-refractivity contribution >= 4 is 33.4 Å². The number of aliphatic carboxylic acids is 1. The molecule has 1 aliphatic rings. The number of carbonyl (C=O) groups is 2. The molecule has 3 rings (SSSR count). The molecule has 0 aliphatic carbocycles. The van der Waals surface area contributed by atoms with E-state index in [0.29, 0.717) is 13.0 Å². The fourth-order valence-corrected chi connectivity index (χ4v) is 3.77. The van der Waals surface area contributed by atoms with Crippen molar-refractivity contribution in [3.05, 3.63) is 29.3 Å². The Morgan fingerprint density at radius 1 is 1.33 bits per heavy atom. The number of para-hydroxylation sites is 1. The van der Waals surface area contributed by atoms with Gasteiger partial charge in [-0.15, -0.1) is 11.3 Å². The maximum absolute atomic E-state index is 12.2. The van der Waals surface area contributed by atoms with Crippen LogP contribution in [0.3, 0.4) is 0 Å². The van der Waals surface area contributed by atoms with Gasteiger partial charge in [0.1, 0.15) is 0 Å². The predicted octanol–water partition coefficient (Wildman–Crippen LogP) is 2.32. The molecule has 2 heterocycles. The molecule has 6 nitrogen and oxygen atoms in total. The predicted molar refractivity (Wildman–Crippen MR) is 91.1 cm³/mol. The molecule has 128 valence electrons. The molecule has 1 N–H and O–H groups in total. The Morgan fingerprint density at radius 2 is 2.17 bits per heavy atom. The normalized spacial score (nSPS) is 18.0. The Kier molecular flexibility index (Phi) is 5.42. The number of carbonyl (C=O) groups excluding carboxylic acids is 1. The van der Waals surface area contributed by atoms with Crippen LogP contribution in [0.1, 0.15) is 24.3 Å². The molecule has 7 heteroatoms. The molecule has 24 heavy (non-hydrogen) atoms. The highest BCUT2D eigenvalue weighted by atomic mass is 32.1. The van der Waals surface area contributed by atoms with E-state index in [2.05, 4.69) is 11.1 Å². The molecule has 2 aromatic rings. The molecule has 1 amide bonds. The van der Waals surface area contributed by atoms with Crippen molar-refractivity contribution in [3.8, 4) is 0 Å². The van der Waals surface area contributed by atoms with Crippen LogP contribution in [0.15, 0.2) is 24.3 Å². The van der Waals surface area contributed by atoms with Gasteiger partial charge in [0.2, 0.25) is 5.91 Å². The van der Waals surface area contributed by atoms with Gasteiger partial charge in [-0.1, -0.05) is 12.1 Å². The standard InChI is InChI=1S/C17H20N2O4S/c20-16(19-9-10-23-13(11-19)17(21)22)8-4-3-7-15-18-12-5-1-2-6-14(12)24-15/h1-2,5-6,13H,3-4,7-11H2,(H,21,22). The molecule has 1 fully saturated rings. The molecule has 0 bridgehead atoms. The number of aromatic nitrogens is 1. The SMILES string of the molecule is O=C(O)C1CN(C(=O)CCCCc2nc3ccccc3s2)CCO1. The summed E-state index contributed by atoms with van der Waals surface area (Å²) in [6.45, 7) is 0.904. The average Bonchev–Trinajstić information content (AvgIpc) is 3.01. The van der Waals surface area contributed by atoms with Crippen molar-refractivity contribution in [2.24, 2.45) is 0 Å². The van der Waals surface area contributed by atoms with E-state index in [1.165, 1.54) is 4.70 Å². The van der Waals surface area contributed by atoms with Gasteiger partial charge in [0.15, 0.2) is 6.10 Å². The summed E-state index contributed by atoms with van der Waals surface area (Å²) in [6, 6.07) is 8.07. The second kappa shape index (κ2) is 7.72. The van der Waals surface area contributed by atoms with Crippen LogP contribution in [0.4, 0.5) is 0 Å². The van der Waals surface area contributed by atoms with Crippen molar-refractivity contribution in [2.45, 2.75) is 31.8 Å². The van der Waals surface area contributed by atoms with Crippen LogP contribution in [-0.2, 0) is 20.7 Å². The number of unbranched alkanes of at least 4 members (excludes halogenated alkanes) is 1. The van der Waals surface area contributed by atoms with E-state index in [1.54, 1.807) is 16.2 Å². The summed E-state index contributed by atoms with van der Waals surface area (Å²) in [4.78, 5) is 29.3. The zero-order chi connectivity index (χ0) is 16.9. The molecule has 0 spiro atoms. The summed E-state index contributed by atoms with van der Waals surface area (Å²) in [5, 5.41) is 10.1. The minimum Gasteiger partial charge on any atom is -0.479 e. The topological polar surface area (TPSA) is 79.7 Å². The molecule has 1 aromatic heterocycles. The van der Waals surface area contributed by atoms with Gasteiger partial charge in [0, 0.05) is 13.0 Å². The number of nitrogens with zero attached hydrogens (tertiary/aromatic N) is 2. The number of rotatable bonds is 6. The first kappa shape index (κ1) is 16.9. The van der Waals surface area contributed by atoms with Crippen LogP contribution in [0.5, 0.6) is 0 Å². The van der Waals surface area contributed by atoms with Crippen LogP contribution in [0.25, 0.3) is 10.2 Å². The molecule has 0 saturated carbocycles. The number of hydrogen-bond acceptors (Lipinski definition) is 5. The van der Waals surface area contributed by atoms with E-state index >= 15 is 0 Å². The monoisotopic (exact) mass is 348 g/mol. The van der Waals surface area contributed by atoms with Crippen LogP contribution in [-0.4, -0.2) is 52.7 Å². The van der Waals surface area contributed by atoms with Crippen LogP contribution < -0.4 is 0 Å². The Bertz CT molecular complexity index is 697. The number of morpholine rings is 1. The Morgan fingerprint density at radius 3 is 2.96 bits per heavy atom. The first-order valence-corrected chi connectivity index (χ1v) is 8.92. The van der Waals surface area contributed by atoms with E-state index in [1.807, 2.05) is 18.2 Å². The summed E-state index contributed by atoms with van der Waals surface area (Å²) < 4.78 is 6.32. The average molecular weight is 348 g/mol. The van der Waals surface area contributed by atoms with Crippen molar-refractivity contribution in [2.75, 3.05) is 19.7 Å². The number of fused-ring (bicyclic) bond motifs is 1. The van der Waals surface area contributed by atoms with Gasteiger partial charge in [0.25, 0.3) is 0 Å². The molecule has 1 atom stereocenters. The van der Waals surface area contributed by atoms with Crippen molar-refractivity contribution in [1.29, 1.82) is 0 Å². The van der Waals surface area contributed by atoms with Gasteiger partial charge in [-0.25, -0.2) is 9.78 Å². The Hall–Kier alpha value is -1.99. The third kappa shape index (κ3) is 4.10. The van der Waals surface area contributed by atoms with Crippen molar-refractivity contribution in [1.82, 2.24) is 9.88 Å². The second-order valence-corrected chi connectivity index (χ2v) is 6.94. The number of thiazole rings is 1. The second-order valence-electron chi connectivity index (χ2n) is 5.82. The molecule has 1 saturated heterocycles. The van der Waals surface area contributed by atoms with Gasteiger partial charge >= 0.3 is 5.97 Å². The third-order valence-electron chi connectivity index (χ3n) is 4.06. The van der Waals surface area contributed by atoms with Crippen LogP contribution in [0.2, 0.25) is 0 Å². The zero-order valence-electron chi connectivity index (χ0n) is 13.3. The largest absolute Gasteiger partial charge is 0.479 e. The van der Waals surface area contributed by atoms with Gasteiger partial charge in [-0.2, -0.15) is 0 Å². The fourth-order valence-electron chi connectivity index (χ4n) is 2.76. The lowest BCUT2D eigenvalue weighted by molar-refractivity contribution is -0.159. The number of amides is 1. The van der Waals surface area contributed by atoms with Gasteiger partial charge in [-0.05, 0) is 31.4 Å². The molecular weight excluding hydrogens is 328 g/mol. The van der Waals surface area contributed by atoms with E-state index in [-0.39, 0.29) is 19.1 Å². The van der Waals surface area contributed by atoms with E-state index in [9.17, 15) is 9.59 Å². The molecule has 1 aromatic carbocycles. The minimum atomic E-state index is -1.01. The fraction of sp³-hybridized carbons (Fsp3) is 0.471. The molecule has 1 unspecified atom stereocenters. The van der Waals surface area contributed by atoms with Gasteiger partial charge < -0.3 is 14.7 Å². The number of carboxylic acids is 1. The molecular formula is C17H20N2O4S. The van der Waals surface area contributed by atoms with Gasteiger partial charge in [-0.3, -0.25) is 4.79 Å². The van der Waals surface area contributed by atoms with E-state index in [4.69, 9.17) is 9.84 Å². The van der Waals surface area contributed by atoms with Crippen LogP contribution in [0, 0.1) is 0 Å². The summed E-state index contributed by atoms with van der Waals surface area (Å²) in [6.07, 6.45) is 2.10. The lowest BCUT2D eigenvalue weighted by Gasteiger charge is -2.30. The highest BCUT2D eigenvalue weighted by Crippen LogP contribution is 2.23. The lowest BCUT2D eigenvalue weighted by atomic mass is 10.1. The highest BCUT2D eigenvalue weighted by molar-refractivity contribution is 7.18. The maximum Gasteiger partial charge on any atom is 0.334 e. The quantitative estimate of drug-likeness (QED) is 0.811. The maximum atomic E-state index is 12.2. The van der Waals surface area contributed by atoms with Crippen molar-refractivity contribution < 1.29 is 19.4 Å². The Labute approximate surface area is 144 Å². The summed E-state index contributed by atoms with van der Waals surface area (Å²) in [7, 11) is 0. The minimum absolute atomic E-state index is 0.00819. The van der Waals surface area contributed by atoms with Gasteiger partial charge in [0.05, 0.1) is 28.4 Å². The smallest absolute Gasteiger partial charge is 0.334 e. The lowest BCUT2D eigenvalue weighted by Crippen LogP contribution is -2.48. The highest BCUT2D eigenvalue weighted by Gasteiger charge is 2.28. The van der Waals surface area contributed by atoms with E-state index < -0.39 is 12.1 Å². The number of ether oxygens (including phenoxy) is 1. The summed E-state index contributed by atoms with van der Waals surface area (Å²) in [5.74, 6) is -1.00. The zero-order valence-corrected chi connectivity index (χ0v) is 14.1. The number of aryl methyl sites for hydroxylation is 1. The van der Waals surface area contributed by atoms with E-state index in [0.717, 1.165) is 29.8 Å². The summed E-state index contributed by atoms with van der Waals surface area (Å²) >= 11 is 1.70. The number of carboxylic acid groups (broad SMARTS) is 1. The number of hydrogen-bond donors (Lipinski definition) is 1.